The third-order valence-electron chi connectivity index (χ3n) is 5.74. The molecule has 1 aliphatic heterocycles. The fourth-order valence-electron chi connectivity index (χ4n) is 4.26. The number of ketones is 1. The summed E-state index contributed by atoms with van der Waals surface area (Å²) in [4.78, 5) is 26.1. The van der Waals surface area contributed by atoms with E-state index in [-0.39, 0.29) is 12.4 Å². The maximum atomic E-state index is 13.2. The second-order valence-electron chi connectivity index (χ2n) is 7.81. The second-order valence-corrected chi connectivity index (χ2v) is 8.63. The van der Waals surface area contributed by atoms with Crippen molar-refractivity contribution in [2.24, 2.45) is 0 Å². The minimum Gasteiger partial charge on any atom is -0.462 e. The van der Waals surface area contributed by atoms with Crippen molar-refractivity contribution in [3.05, 3.63) is 92.2 Å². The predicted molar refractivity (Wildman–Crippen MR) is 122 cm³/mol. The Hall–Kier alpha value is -2.56. The second kappa shape index (κ2) is 9.29. The lowest BCUT2D eigenvalue weighted by Crippen LogP contribution is -2.34. The molecule has 1 heterocycles. The number of allylic oxidation sites excluding steroid dienone is 3. The Bertz CT molecular complexity index is 1090. The Morgan fingerprint density at radius 2 is 1.87 bits per heavy atom. The van der Waals surface area contributed by atoms with Gasteiger partial charge >= 0.3 is 5.97 Å². The fourth-order valence-corrected chi connectivity index (χ4v) is 4.57. The van der Waals surface area contributed by atoms with Gasteiger partial charge in [0.15, 0.2) is 5.78 Å². The first-order chi connectivity index (χ1) is 15.0. The van der Waals surface area contributed by atoms with Crippen molar-refractivity contribution in [1.29, 1.82) is 0 Å². The predicted octanol–water partition coefficient (Wildman–Crippen LogP) is 5.75. The summed E-state index contributed by atoms with van der Waals surface area (Å²) in [7, 11) is 0. The largest absolute Gasteiger partial charge is 0.462 e. The molecule has 160 valence electrons. The number of benzene rings is 2. The van der Waals surface area contributed by atoms with Gasteiger partial charge < -0.3 is 10.1 Å². The summed E-state index contributed by atoms with van der Waals surface area (Å²) >= 11 is 12.4. The molecular formula is C25H23Cl2NO3. The number of hydrogen-bond donors (Lipinski definition) is 1. The lowest BCUT2D eigenvalue weighted by atomic mass is 9.75. The number of dihydropyridines is 1. The van der Waals surface area contributed by atoms with Crippen LogP contribution in [-0.2, 0) is 20.7 Å². The van der Waals surface area contributed by atoms with Crippen LogP contribution in [0.4, 0.5) is 0 Å². The van der Waals surface area contributed by atoms with Gasteiger partial charge in [-0.25, -0.2) is 4.79 Å². The zero-order chi connectivity index (χ0) is 22.0. The average Bonchev–Trinajstić information content (AvgIpc) is 2.75. The monoisotopic (exact) mass is 455 g/mol. The number of carbonyl (C=O) groups excluding carboxylic acids is 2. The van der Waals surface area contributed by atoms with Crippen molar-refractivity contribution >= 4 is 35.0 Å². The van der Waals surface area contributed by atoms with Crippen LogP contribution in [0.25, 0.3) is 0 Å². The van der Waals surface area contributed by atoms with Crippen molar-refractivity contribution in [1.82, 2.24) is 5.32 Å². The maximum absolute atomic E-state index is 13.2. The first-order valence-corrected chi connectivity index (χ1v) is 11.1. The SMILES string of the molecule is CC1=C(C(=O)OCCc2ccccc2)C(c2ccc(Cl)c(Cl)c2)C2=C(CCCC2=O)N1. The van der Waals surface area contributed by atoms with Gasteiger partial charge in [-0.3, -0.25) is 4.79 Å². The highest BCUT2D eigenvalue weighted by atomic mass is 35.5. The van der Waals surface area contributed by atoms with E-state index < -0.39 is 11.9 Å². The first kappa shape index (κ1) is 21.7. The molecule has 1 aliphatic carbocycles. The Morgan fingerprint density at radius 1 is 1.10 bits per heavy atom. The molecule has 0 bridgehead atoms. The number of halogens is 2. The summed E-state index contributed by atoms with van der Waals surface area (Å²) < 4.78 is 5.65. The van der Waals surface area contributed by atoms with E-state index in [0.29, 0.717) is 39.7 Å². The van der Waals surface area contributed by atoms with Crippen LogP contribution in [0.2, 0.25) is 10.0 Å². The fraction of sp³-hybridized carbons (Fsp3) is 0.280. The number of rotatable bonds is 5. The first-order valence-electron chi connectivity index (χ1n) is 10.4. The van der Waals surface area contributed by atoms with Crippen molar-refractivity contribution in [2.45, 2.75) is 38.5 Å². The molecule has 6 heteroatoms. The van der Waals surface area contributed by atoms with E-state index in [0.717, 1.165) is 29.7 Å². The molecule has 0 amide bonds. The number of esters is 1. The van der Waals surface area contributed by atoms with Crippen LogP contribution >= 0.6 is 23.2 Å². The molecule has 0 saturated carbocycles. The minimum atomic E-state index is -0.525. The molecule has 1 N–H and O–H groups in total. The van der Waals surface area contributed by atoms with Gasteiger partial charge in [0.1, 0.15) is 0 Å². The molecule has 0 fully saturated rings. The third-order valence-corrected chi connectivity index (χ3v) is 6.48. The van der Waals surface area contributed by atoms with E-state index in [1.54, 1.807) is 12.1 Å². The molecule has 1 atom stereocenters. The van der Waals surface area contributed by atoms with E-state index in [2.05, 4.69) is 5.32 Å². The van der Waals surface area contributed by atoms with Crippen LogP contribution in [0.15, 0.2) is 71.1 Å². The molecule has 31 heavy (non-hydrogen) atoms. The summed E-state index contributed by atoms with van der Waals surface area (Å²) in [6.07, 6.45) is 2.65. The summed E-state index contributed by atoms with van der Waals surface area (Å²) in [6, 6.07) is 15.1. The minimum absolute atomic E-state index is 0.0481. The Morgan fingerprint density at radius 3 is 2.61 bits per heavy atom. The van der Waals surface area contributed by atoms with Crippen LogP contribution in [-0.4, -0.2) is 18.4 Å². The summed E-state index contributed by atoms with van der Waals surface area (Å²) in [5.41, 5.74) is 4.51. The third kappa shape index (κ3) is 4.56. The van der Waals surface area contributed by atoms with E-state index in [1.165, 1.54) is 0 Å². The van der Waals surface area contributed by atoms with E-state index in [4.69, 9.17) is 27.9 Å². The highest BCUT2D eigenvalue weighted by molar-refractivity contribution is 6.42. The molecule has 2 aromatic rings. The van der Waals surface area contributed by atoms with Crippen molar-refractivity contribution in [3.63, 3.8) is 0 Å². The Kier molecular flexibility index (Phi) is 6.49. The van der Waals surface area contributed by atoms with Gasteiger partial charge in [0.25, 0.3) is 0 Å². The molecule has 4 rings (SSSR count). The zero-order valence-electron chi connectivity index (χ0n) is 17.2. The summed E-state index contributed by atoms with van der Waals surface area (Å²) in [5, 5.41) is 4.11. The van der Waals surface area contributed by atoms with Gasteiger partial charge in [-0.05, 0) is 43.0 Å². The highest BCUT2D eigenvalue weighted by Gasteiger charge is 2.39. The van der Waals surface area contributed by atoms with Gasteiger partial charge in [0, 0.05) is 35.7 Å². The molecule has 0 spiro atoms. The van der Waals surface area contributed by atoms with Crippen molar-refractivity contribution < 1.29 is 14.3 Å². The van der Waals surface area contributed by atoms with Crippen molar-refractivity contribution in [3.8, 4) is 0 Å². The number of carbonyl (C=O) groups is 2. The molecule has 0 saturated heterocycles. The lowest BCUT2D eigenvalue weighted by Gasteiger charge is -2.34. The molecular weight excluding hydrogens is 433 g/mol. The van der Waals surface area contributed by atoms with Crippen molar-refractivity contribution in [2.75, 3.05) is 6.61 Å². The van der Waals surface area contributed by atoms with Gasteiger partial charge in [0.05, 0.1) is 22.2 Å². The summed E-state index contributed by atoms with van der Waals surface area (Å²) in [6.45, 7) is 2.11. The smallest absolute Gasteiger partial charge is 0.336 e. The Balaban J connectivity index is 1.66. The number of Topliss-reactive ketones (excluding diaryl/α,β-unsaturated/α-hetero) is 1. The average molecular weight is 456 g/mol. The summed E-state index contributed by atoms with van der Waals surface area (Å²) in [5.74, 6) is -0.906. The molecule has 2 aliphatic rings. The van der Waals surface area contributed by atoms with E-state index in [9.17, 15) is 9.59 Å². The van der Waals surface area contributed by atoms with Crippen LogP contribution in [0.5, 0.6) is 0 Å². The van der Waals surface area contributed by atoms with E-state index >= 15 is 0 Å². The van der Waals surface area contributed by atoms with Crippen LogP contribution < -0.4 is 5.32 Å². The molecule has 1 unspecified atom stereocenters. The molecule has 0 aromatic heterocycles. The zero-order valence-corrected chi connectivity index (χ0v) is 18.7. The van der Waals surface area contributed by atoms with Gasteiger partial charge in [-0.1, -0.05) is 59.6 Å². The molecule has 0 radical (unpaired) electrons. The van der Waals surface area contributed by atoms with E-state index in [1.807, 2.05) is 43.3 Å². The maximum Gasteiger partial charge on any atom is 0.336 e. The van der Waals surface area contributed by atoms with Gasteiger partial charge in [0.2, 0.25) is 0 Å². The number of hydrogen-bond acceptors (Lipinski definition) is 4. The lowest BCUT2D eigenvalue weighted by molar-refractivity contribution is -0.139. The number of nitrogens with one attached hydrogen (secondary N) is 1. The van der Waals surface area contributed by atoms with Crippen LogP contribution in [0.1, 0.15) is 43.2 Å². The van der Waals surface area contributed by atoms with Crippen LogP contribution in [0.3, 0.4) is 0 Å². The molecule has 4 nitrogen and oxygen atoms in total. The topological polar surface area (TPSA) is 55.4 Å². The highest BCUT2D eigenvalue weighted by Crippen LogP contribution is 2.43. The normalized spacial score (nSPS) is 18.5. The quantitative estimate of drug-likeness (QED) is 0.583. The van der Waals surface area contributed by atoms with Crippen LogP contribution in [0, 0.1) is 0 Å². The Labute approximate surface area is 191 Å². The number of ether oxygens (including phenoxy) is 1. The molecule has 2 aromatic carbocycles. The standard InChI is InChI=1S/C25H23Cl2NO3/c1-15-22(25(30)31-13-12-16-6-3-2-4-7-16)23(17-10-11-18(26)19(27)14-17)24-20(28-15)8-5-9-21(24)29/h2-4,6-7,10-11,14,23,28H,5,8-9,12-13H2,1H3. The van der Waals surface area contributed by atoms with Gasteiger partial charge in [-0.2, -0.15) is 0 Å². The van der Waals surface area contributed by atoms with Gasteiger partial charge in [-0.15, -0.1) is 0 Å².